The molecule has 188 valence electrons. The van der Waals surface area contributed by atoms with E-state index in [0.29, 0.717) is 45.2 Å². The van der Waals surface area contributed by atoms with Gasteiger partial charge in [-0.05, 0) is 65.0 Å². The fraction of sp³-hybridized carbons (Fsp3) is 0.750. The summed E-state index contributed by atoms with van der Waals surface area (Å²) in [5.41, 5.74) is 10.9. The predicted octanol–water partition coefficient (Wildman–Crippen LogP) is 0.717. The summed E-state index contributed by atoms with van der Waals surface area (Å²) < 4.78 is 0. The molecule has 0 saturated carbocycles. The Morgan fingerprint density at radius 2 is 1.31 bits per heavy atom. The molecule has 0 aromatic heterocycles. The topological polar surface area (TPSA) is 182 Å². The first kappa shape index (κ1) is 34.9. The van der Waals surface area contributed by atoms with Crippen molar-refractivity contribution in [2.75, 3.05) is 13.1 Å². The maximum Gasteiger partial charge on any atom is 0.303 e. The monoisotopic (exact) mass is 500 g/mol. The van der Waals surface area contributed by atoms with Crippen LogP contribution >= 0.6 is 24.8 Å². The Kier molecular flexibility index (Phi) is 21.7. The second kappa shape index (κ2) is 19.9. The molecule has 12 heteroatoms. The molecule has 0 aromatic carbocycles. The number of nitrogens with one attached hydrogen (secondary N) is 2. The number of carboxylic acids is 1. The Morgan fingerprint density at radius 3 is 1.75 bits per heavy atom. The van der Waals surface area contributed by atoms with Crippen molar-refractivity contribution < 1.29 is 29.1 Å². The molecule has 0 aromatic rings. The van der Waals surface area contributed by atoms with Crippen molar-refractivity contribution in [2.45, 2.75) is 77.3 Å². The zero-order chi connectivity index (χ0) is 23.1. The minimum Gasteiger partial charge on any atom is -0.481 e. The fourth-order valence-electron chi connectivity index (χ4n) is 2.80. The molecule has 0 saturated heterocycles. The van der Waals surface area contributed by atoms with Crippen LogP contribution in [0.5, 0.6) is 0 Å². The van der Waals surface area contributed by atoms with Crippen LogP contribution in [-0.4, -0.2) is 59.6 Å². The predicted molar refractivity (Wildman–Crippen MR) is 126 cm³/mol. The molecule has 0 radical (unpaired) electrons. The molecule has 3 atom stereocenters. The van der Waals surface area contributed by atoms with E-state index in [1.807, 2.05) is 0 Å². The molecule has 0 fully saturated rings. The zero-order valence-corrected chi connectivity index (χ0v) is 20.4. The van der Waals surface area contributed by atoms with Crippen LogP contribution in [0.1, 0.15) is 65.2 Å². The fourth-order valence-corrected chi connectivity index (χ4v) is 2.80. The molecule has 0 spiro atoms. The van der Waals surface area contributed by atoms with E-state index in [9.17, 15) is 24.0 Å². The lowest BCUT2D eigenvalue weighted by Crippen LogP contribution is -2.51. The molecular weight excluding hydrogens is 463 g/mol. The van der Waals surface area contributed by atoms with Gasteiger partial charge in [0.05, 0.1) is 12.1 Å². The summed E-state index contributed by atoms with van der Waals surface area (Å²) in [5.74, 6) is -4.18. The minimum atomic E-state index is -1.06. The Bertz CT molecular complexity index is 607. The largest absolute Gasteiger partial charge is 0.481 e. The summed E-state index contributed by atoms with van der Waals surface area (Å²) in [4.78, 5) is 59.9. The Balaban J connectivity index is -0.00000420. The van der Waals surface area contributed by atoms with Crippen molar-refractivity contribution in [3.8, 4) is 0 Å². The highest BCUT2D eigenvalue weighted by Gasteiger charge is 2.30. The first-order valence-corrected chi connectivity index (χ1v) is 10.4. The summed E-state index contributed by atoms with van der Waals surface area (Å²) >= 11 is 0. The quantitative estimate of drug-likeness (QED) is 0.143. The number of Topliss-reactive ketones (excluding diaryl/α,β-unsaturated/α-hetero) is 2. The summed E-state index contributed by atoms with van der Waals surface area (Å²) in [6.07, 6.45) is 3.00. The van der Waals surface area contributed by atoms with E-state index < -0.39 is 41.6 Å². The van der Waals surface area contributed by atoms with Crippen LogP contribution in [0.15, 0.2) is 0 Å². The van der Waals surface area contributed by atoms with Gasteiger partial charge in [0, 0.05) is 12.3 Å². The molecular formula is C20H38Cl2N4O6. The molecule has 0 aliphatic heterocycles. The summed E-state index contributed by atoms with van der Waals surface area (Å²) in [6, 6.07) is -1.85. The molecule has 0 bridgehead atoms. The summed E-state index contributed by atoms with van der Waals surface area (Å²) in [6.45, 7) is 3.77. The number of aliphatic carboxylic acids is 1. The average molecular weight is 501 g/mol. The van der Waals surface area contributed by atoms with Crippen LogP contribution < -0.4 is 22.1 Å². The minimum absolute atomic E-state index is 0. The number of carbonyl (C=O) groups is 5. The smallest absolute Gasteiger partial charge is 0.303 e. The van der Waals surface area contributed by atoms with E-state index >= 15 is 0 Å². The number of halogens is 2. The van der Waals surface area contributed by atoms with Crippen molar-refractivity contribution in [1.29, 1.82) is 0 Å². The lowest BCUT2D eigenvalue weighted by molar-refractivity contribution is -0.141. The first-order valence-electron chi connectivity index (χ1n) is 10.4. The third-order valence-electron chi connectivity index (χ3n) is 4.79. The molecule has 7 N–H and O–H groups in total. The molecule has 0 aliphatic carbocycles. The number of ketones is 2. The van der Waals surface area contributed by atoms with Crippen molar-refractivity contribution in [3.63, 3.8) is 0 Å². The van der Waals surface area contributed by atoms with E-state index in [0.717, 1.165) is 0 Å². The maximum atomic E-state index is 12.7. The summed E-state index contributed by atoms with van der Waals surface area (Å²) in [7, 11) is 0. The highest BCUT2D eigenvalue weighted by molar-refractivity contribution is 6.38. The Hall–Kier alpha value is -1.75. The summed E-state index contributed by atoms with van der Waals surface area (Å²) in [5, 5.41) is 13.8. The number of rotatable bonds is 17. The van der Waals surface area contributed by atoms with Gasteiger partial charge in [0.25, 0.3) is 5.91 Å². The molecule has 32 heavy (non-hydrogen) atoms. The van der Waals surface area contributed by atoms with Gasteiger partial charge < -0.3 is 27.2 Å². The standard InChI is InChI=1S/C20H36N4O6.2ClH/c1-13(9-10-17(26)27)19(29)24-16(8-4-6-12-22)18(28)20(30)23-15(14(2)25)7-3-5-11-21;;/h13,15-16H,3-12,21-22H2,1-2H3,(H,23,30)(H,24,29)(H,26,27);2*1H/t13-,15-,16-;;/m0../s1. The van der Waals surface area contributed by atoms with Crippen LogP contribution in [0.25, 0.3) is 0 Å². The number of unbranched alkanes of at least 4 members (excludes halogenated alkanes) is 2. The van der Waals surface area contributed by atoms with Crippen molar-refractivity contribution in [3.05, 3.63) is 0 Å². The average Bonchev–Trinajstić information content (AvgIpc) is 2.69. The van der Waals surface area contributed by atoms with Gasteiger partial charge in [-0.2, -0.15) is 0 Å². The van der Waals surface area contributed by atoms with Gasteiger partial charge in [-0.3, -0.25) is 24.0 Å². The number of amides is 2. The van der Waals surface area contributed by atoms with Gasteiger partial charge in [0.2, 0.25) is 11.7 Å². The van der Waals surface area contributed by atoms with E-state index in [1.54, 1.807) is 6.92 Å². The van der Waals surface area contributed by atoms with Crippen LogP contribution in [0.2, 0.25) is 0 Å². The number of carboxylic acid groups (broad SMARTS) is 1. The van der Waals surface area contributed by atoms with Gasteiger partial charge in [0.15, 0.2) is 5.78 Å². The second-order valence-electron chi connectivity index (χ2n) is 7.46. The zero-order valence-electron chi connectivity index (χ0n) is 18.8. The third-order valence-corrected chi connectivity index (χ3v) is 4.79. The number of carbonyl (C=O) groups excluding carboxylic acids is 4. The van der Waals surface area contributed by atoms with Gasteiger partial charge >= 0.3 is 5.97 Å². The number of hydrogen-bond donors (Lipinski definition) is 5. The molecule has 2 amide bonds. The van der Waals surface area contributed by atoms with E-state index in [2.05, 4.69) is 10.6 Å². The van der Waals surface area contributed by atoms with Crippen LogP contribution in [-0.2, 0) is 24.0 Å². The normalized spacial score (nSPS) is 12.9. The SMILES string of the molecule is CC(=O)[C@H](CCCCN)NC(=O)C(=O)[C@H](CCCCN)NC(=O)[C@@H](C)CCC(=O)O.Cl.Cl. The van der Waals surface area contributed by atoms with Crippen LogP contribution in [0, 0.1) is 5.92 Å². The van der Waals surface area contributed by atoms with E-state index in [4.69, 9.17) is 16.6 Å². The molecule has 10 nitrogen and oxygen atoms in total. The van der Waals surface area contributed by atoms with Crippen LogP contribution in [0.4, 0.5) is 0 Å². The molecule has 0 aliphatic rings. The molecule has 0 unspecified atom stereocenters. The number of nitrogens with two attached hydrogens (primary N) is 2. The van der Waals surface area contributed by atoms with E-state index in [-0.39, 0.29) is 49.9 Å². The molecule has 0 heterocycles. The van der Waals surface area contributed by atoms with Gasteiger partial charge in [-0.25, -0.2) is 0 Å². The maximum absolute atomic E-state index is 12.7. The first-order chi connectivity index (χ1) is 14.1. The van der Waals surface area contributed by atoms with Gasteiger partial charge in [-0.1, -0.05) is 6.92 Å². The lowest BCUT2D eigenvalue weighted by atomic mass is 10.00. The van der Waals surface area contributed by atoms with Crippen LogP contribution in [0.3, 0.4) is 0 Å². The highest BCUT2D eigenvalue weighted by atomic mass is 35.5. The Labute approximate surface area is 201 Å². The van der Waals surface area contributed by atoms with Crippen molar-refractivity contribution >= 4 is 54.2 Å². The molecule has 0 rings (SSSR count). The highest BCUT2D eigenvalue weighted by Crippen LogP contribution is 2.09. The van der Waals surface area contributed by atoms with Gasteiger partial charge in [-0.15, -0.1) is 24.8 Å². The van der Waals surface area contributed by atoms with Gasteiger partial charge in [0.1, 0.15) is 0 Å². The van der Waals surface area contributed by atoms with Crippen molar-refractivity contribution in [1.82, 2.24) is 10.6 Å². The lowest BCUT2D eigenvalue weighted by Gasteiger charge is -2.21. The second-order valence-corrected chi connectivity index (χ2v) is 7.46. The Morgan fingerprint density at radius 1 is 0.812 bits per heavy atom. The number of hydrogen-bond acceptors (Lipinski definition) is 7. The van der Waals surface area contributed by atoms with Crippen molar-refractivity contribution in [2.24, 2.45) is 17.4 Å². The third kappa shape index (κ3) is 15.1. The van der Waals surface area contributed by atoms with E-state index in [1.165, 1.54) is 6.92 Å².